The van der Waals surface area contributed by atoms with Crippen LogP contribution in [0.2, 0.25) is 0 Å². The van der Waals surface area contributed by atoms with E-state index in [2.05, 4.69) is 15.7 Å². The smallest absolute Gasteiger partial charge is 0.269 e. The number of carbonyl (C=O) groups excluding carboxylic acids is 1. The van der Waals surface area contributed by atoms with Gasteiger partial charge in [-0.2, -0.15) is 5.10 Å². The lowest BCUT2D eigenvalue weighted by atomic mass is 10.2. The summed E-state index contributed by atoms with van der Waals surface area (Å²) in [6.45, 7) is 1.51. The van der Waals surface area contributed by atoms with Crippen molar-refractivity contribution >= 4 is 5.91 Å². The molecular weight excluding hydrogens is 208 g/mol. The van der Waals surface area contributed by atoms with E-state index >= 15 is 0 Å². The molecule has 0 aliphatic carbocycles. The molecular formula is C10H16N4O2. The number of aryl methyl sites for hydroxylation is 1. The zero-order valence-electron chi connectivity index (χ0n) is 9.43. The molecule has 1 aliphatic heterocycles. The number of hydrogen-bond donors (Lipinski definition) is 2. The second kappa shape index (κ2) is 4.63. The second-order valence-electron chi connectivity index (χ2n) is 3.85. The van der Waals surface area contributed by atoms with Gasteiger partial charge >= 0.3 is 0 Å². The average Bonchev–Trinajstić information content (AvgIpc) is 2.86. The first-order chi connectivity index (χ1) is 7.72. The molecule has 0 spiro atoms. The summed E-state index contributed by atoms with van der Waals surface area (Å²) in [4.78, 5) is 11.9. The van der Waals surface area contributed by atoms with Crippen molar-refractivity contribution in [2.45, 2.75) is 12.1 Å². The quantitative estimate of drug-likeness (QED) is 0.701. The third kappa shape index (κ3) is 2.07. The van der Waals surface area contributed by atoms with Crippen LogP contribution in [-0.2, 0) is 11.8 Å². The summed E-state index contributed by atoms with van der Waals surface area (Å²) in [6, 6.07) is 1.71. The van der Waals surface area contributed by atoms with Crippen LogP contribution in [0.1, 0.15) is 10.5 Å². The Bertz CT molecular complexity index is 377. The fraction of sp³-hybridized carbons (Fsp3) is 0.600. The number of ether oxygens (including phenoxy) is 1. The number of hydrogen-bond acceptors (Lipinski definition) is 4. The normalized spacial score (nSPS) is 24.6. The second-order valence-corrected chi connectivity index (χ2v) is 3.85. The fourth-order valence-corrected chi connectivity index (χ4v) is 1.89. The fourth-order valence-electron chi connectivity index (χ4n) is 1.89. The highest BCUT2D eigenvalue weighted by atomic mass is 16.5. The maximum atomic E-state index is 11.9. The zero-order chi connectivity index (χ0) is 11.5. The van der Waals surface area contributed by atoms with Gasteiger partial charge in [0.1, 0.15) is 5.69 Å². The molecule has 2 atom stereocenters. The molecule has 0 saturated carbocycles. The van der Waals surface area contributed by atoms with Gasteiger partial charge in [-0.3, -0.25) is 9.48 Å². The molecule has 88 valence electrons. The van der Waals surface area contributed by atoms with Gasteiger partial charge in [-0.15, -0.1) is 0 Å². The van der Waals surface area contributed by atoms with Gasteiger partial charge in [0, 0.05) is 33.4 Å². The highest BCUT2D eigenvalue weighted by Gasteiger charge is 2.28. The standard InChI is InChI=1S/C10H16N4O2/c1-14-8(3-4-12-14)10(15)13-7-5-11-6-9(7)16-2/h3-4,7,9,11H,5-6H2,1-2H3,(H,13,15)/t7?,9-/m0/s1. The molecule has 2 N–H and O–H groups in total. The third-order valence-electron chi connectivity index (χ3n) is 2.83. The van der Waals surface area contributed by atoms with E-state index in [9.17, 15) is 4.79 Å². The number of amides is 1. The van der Waals surface area contributed by atoms with Crippen LogP contribution in [0.25, 0.3) is 0 Å². The lowest BCUT2D eigenvalue weighted by molar-refractivity contribution is 0.0773. The molecule has 0 bridgehead atoms. The lowest BCUT2D eigenvalue weighted by Gasteiger charge is -2.18. The molecule has 1 aliphatic rings. The van der Waals surface area contributed by atoms with Crippen molar-refractivity contribution in [3.05, 3.63) is 18.0 Å². The minimum absolute atomic E-state index is 0.0207. The minimum atomic E-state index is -0.115. The van der Waals surface area contributed by atoms with Gasteiger partial charge in [-0.05, 0) is 6.07 Å². The van der Waals surface area contributed by atoms with Crippen molar-refractivity contribution in [3.63, 3.8) is 0 Å². The average molecular weight is 224 g/mol. The van der Waals surface area contributed by atoms with Crippen LogP contribution in [0, 0.1) is 0 Å². The number of carbonyl (C=O) groups is 1. The van der Waals surface area contributed by atoms with E-state index in [1.54, 1.807) is 31.1 Å². The van der Waals surface area contributed by atoms with Crippen LogP contribution >= 0.6 is 0 Å². The summed E-state index contributed by atoms with van der Waals surface area (Å²) in [6.07, 6.45) is 1.65. The summed E-state index contributed by atoms with van der Waals surface area (Å²) >= 11 is 0. The largest absolute Gasteiger partial charge is 0.378 e. The van der Waals surface area contributed by atoms with Crippen molar-refractivity contribution in [1.29, 1.82) is 0 Å². The predicted octanol–water partition coefficient (Wildman–Crippen LogP) is -0.863. The first kappa shape index (κ1) is 11.1. The van der Waals surface area contributed by atoms with E-state index in [0.29, 0.717) is 5.69 Å². The van der Waals surface area contributed by atoms with E-state index < -0.39 is 0 Å². The van der Waals surface area contributed by atoms with Crippen molar-refractivity contribution in [1.82, 2.24) is 20.4 Å². The molecule has 6 nitrogen and oxygen atoms in total. The summed E-state index contributed by atoms with van der Waals surface area (Å²) in [5.74, 6) is -0.115. The van der Waals surface area contributed by atoms with Gasteiger partial charge < -0.3 is 15.4 Å². The Morgan fingerprint density at radius 2 is 2.50 bits per heavy atom. The van der Waals surface area contributed by atoms with Gasteiger partial charge in [0.15, 0.2) is 0 Å². The van der Waals surface area contributed by atoms with Crippen molar-refractivity contribution in [2.75, 3.05) is 20.2 Å². The summed E-state index contributed by atoms with van der Waals surface area (Å²) in [5.41, 5.74) is 0.557. The Morgan fingerprint density at radius 1 is 1.69 bits per heavy atom. The molecule has 1 unspecified atom stereocenters. The first-order valence-corrected chi connectivity index (χ1v) is 5.24. The van der Waals surface area contributed by atoms with Crippen LogP contribution in [0.15, 0.2) is 12.3 Å². The molecule has 0 aromatic carbocycles. The number of aromatic nitrogens is 2. The minimum Gasteiger partial charge on any atom is -0.378 e. The first-order valence-electron chi connectivity index (χ1n) is 5.24. The maximum Gasteiger partial charge on any atom is 0.269 e. The molecule has 2 heterocycles. The lowest BCUT2D eigenvalue weighted by Crippen LogP contribution is -2.44. The van der Waals surface area contributed by atoms with E-state index in [4.69, 9.17) is 4.74 Å². The van der Waals surface area contributed by atoms with Crippen molar-refractivity contribution < 1.29 is 9.53 Å². The number of methoxy groups -OCH3 is 1. The van der Waals surface area contributed by atoms with Crippen molar-refractivity contribution in [3.8, 4) is 0 Å². The number of rotatable bonds is 3. The summed E-state index contributed by atoms with van der Waals surface area (Å²) in [5, 5.41) is 10.1. The Hall–Kier alpha value is -1.40. The van der Waals surface area contributed by atoms with Gasteiger partial charge in [0.25, 0.3) is 5.91 Å². The van der Waals surface area contributed by atoms with Crippen LogP contribution in [-0.4, -0.2) is 48.0 Å². The van der Waals surface area contributed by atoms with E-state index in [-0.39, 0.29) is 18.1 Å². The maximum absolute atomic E-state index is 11.9. The SMILES string of the molecule is CO[C@H]1CNCC1NC(=O)c1ccnn1C. The van der Waals surface area contributed by atoms with Crippen LogP contribution < -0.4 is 10.6 Å². The molecule has 1 fully saturated rings. The Labute approximate surface area is 94.0 Å². The highest BCUT2D eigenvalue weighted by Crippen LogP contribution is 2.05. The van der Waals surface area contributed by atoms with E-state index in [1.807, 2.05) is 0 Å². The molecule has 2 rings (SSSR count). The van der Waals surface area contributed by atoms with Gasteiger partial charge in [0.05, 0.1) is 12.1 Å². The van der Waals surface area contributed by atoms with Crippen LogP contribution in [0.4, 0.5) is 0 Å². The van der Waals surface area contributed by atoms with E-state index in [0.717, 1.165) is 13.1 Å². The van der Waals surface area contributed by atoms with Gasteiger partial charge in [-0.1, -0.05) is 0 Å². The molecule has 1 aromatic heterocycles. The molecule has 6 heteroatoms. The van der Waals surface area contributed by atoms with Crippen LogP contribution in [0.5, 0.6) is 0 Å². The van der Waals surface area contributed by atoms with Crippen molar-refractivity contribution in [2.24, 2.45) is 7.05 Å². The highest BCUT2D eigenvalue weighted by molar-refractivity contribution is 5.92. The zero-order valence-corrected chi connectivity index (χ0v) is 9.43. The molecule has 1 aromatic rings. The molecule has 1 saturated heterocycles. The predicted molar refractivity (Wildman–Crippen MR) is 58.1 cm³/mol. The molecule has 0 radical (unpaired) electrons. The Morgan fingerprint density at radius 3 is 3.12 bits per heavy atom. The van der Waals surface area contributed by atoms with Crippen LogP contribution in [0.3, 0.4) is 0 Å². The van der Waals surface area contributed by atoms with E-state index in [1.165, 1.54) is 0 Å². The Balaban J connectivity index is 2.00. The molecule has 1 amide bonds. The number of nitrogens with one attached hydrogen (secondary N) is 2. The third-order valence-corrected chi connectivity index (χ3v) is 2.83. The number of nitrogens with zero attached hydrogens (tertiary/aromatic N) is 2. The monoisotopic (exact) mass is 224 g/mol. The summed E-state index contributed by atoms with van der Waals surface area (Å²) in [7, 11) is 3.40. The summed E-state index contributed by atoms with van der Waals surface area (Å²) < 4.78 is 6.83. The van der Waals surface area contributed by atoms with Gasteiger partial charge in [0.2, 0.25) is 0 Å². The molecule has 16 heavy (non-hydrogen) atoms. The van der Waals surface area contributed by atoms with Gasteiger partial charge in [-0.25, -0.2) is 0 Å². The Kier molecular flexibility index (Phi) is 3.21. The topological polar surface area (TPSA) is 68.2 Å².